The fourth-order valence-electron chi connectivity index (χ4n) is 1.87. The van der Waals surface area contributed by atoms with Crippen LogP contribution in [0.1, 0.15) is 10.4 Å². The summed E-state index contributed by atoms with van der Waals surface area (Å²) in [5.74, 6) is 0.511. The van der Waals surface area contributed by atoms with Crippen LogP contribution in [0.25, 0.3) is 0 Å². The average molecular weight is 370 g/mol. The van der Waals surface area contributed by atoms with Gasteiger partial charge < -0.3 is 4.74 Å². The number of non-ortho nitro benzene ring substituents is 1. The molecule has 0 aliphatic rings. The molecule has 10 heteroatoms. The Balaban J connectivity index is 2.53. The predicted octanol–water partition coefficient (Wildman–Crippen LogP) is 2.63. The highest BCUT2D eigenvalue weighted by atomic mass is 32.2. The molecule has 3 N–H and O–H groups in total. The normalized spacial score (nSPS) is 11.2. The summed E-state index contributed by atoms with van der Waals surface area (Å²) >= 11 is 1.05. The van der Waals surface area contributed by atoms with Crippen molar-refractivity contribution >= 4 is 30.9 Å². The van der Waals surface area contributed by atoms with Gasteiger partial charge in [0.05, 0.1) is 22.5 Å². The van der Waals surface area contributed by atoms with Crippen molar-refractivity contribution < 1.29 is 29.1 Å². The van der Waals surface area contributed by atoms with Gasteiger partial charge in [0.1, 0.15) is 5.75 Å². The molecule has 0 radical (unpaired) electrons. The minimum Gasteiger partial charge on any atom is -0.496 e. The zero-order valence-corrected chi connectivity index (χ0v) is 14.0. The van der Waals surface area contributed by atoms with Crippen LogP contribution in [0.15, 0.2) is 52.3 Å². The van der Waals surface area contributed by atoms with E-state index >= 15 is 0 Å². The van der Waals surface area contributed by atoms with Gasteiger partial charge >= 0.3 is 13.5 Å². The van der Waals surface area contributed by atoms with Crippen LogP contribution < -0.4 is 4.74 Å². The summed E-state index contributed by atoms with van der Waals surface area (Å²) in [7, 11) is -3.37. The van der Waals surface area contributed by atoms with Crippen molar-refractivity contribution in [3.05, 3.63) is 58.1 Å². The van der Waals surface area contributed by atoms with E-state index in [1.807, 2.05) is 0 Å². The number of methoxy groups -OCH3 is 1. The molecule has 24 heavy (non-hydrogen) atoms. The summed E-state index contributed by atoms with van der Waals surface area (Å²) in [5.41, 5.74) is -2.11. The first-order valence-corrected chi connectivity index (χ1v) is 8.92. The van der Waals surface area contributed by atoms with Crippen LogP contribution in [-0.2, 0) is 0 Å². The van der Waals surface area contributed by atoms with E-state index in [-0.39, 0.29) is 10.5 Å². The molecular weight excluding hydrogens is 357 g/mol. The Morgan fingerprint density at radius 1 is 1.17 bits per heavy atom. The Morgan fingerprint density at radius 2 is 1.83 bits per heavy atom. The van der Waals surface area contributed by atoms with E-state index in [0.29, 0.717) is 10.6 Å². The van der Waals surface area contributed by atoms with E-state index in [1.54, 1.807) is 24.3 Å². The quantitative estimate of drug-likeness (QED) is 0.402. The van der Waals surface area contributed by atoms with Gasteiger partial charge in [0.2, 0.25) is 0 Å². The van der Waals surface area contributed by atoms with Crippen molar-refractivity contribution in [2.75, 3.05) is 7.11 Å². The number of nitrogens with zero attached hydrogens (tertiary/aromatic N) is 1. The van der Waals surface area contributed by atoms with Gasteiger partial charge in [0, 0.05) is 17.0 Å². The third kappa shape index (κ3) is 4.08. The molecule has 0 aromatic heterocycles. The largest absolute Gasteiger partial charge is 0.496 e. The average Bonchev–Trinajstić information content (AvgIpc) is 2.54. The van der Waals surface area contributed by atoms with E-state index in [4.69, 9.17) is 4.74 Å². The van der Waals surface area contributed by atoms with Crippen molar-refractivity contribution in [1.29, 1.82) is 0 Å². The van der Waals surface area contributed by atoms with E-state index in [9.17, 15) is 29.6 Å². The van der Waals surface area contributed by atoms with Crippen LogP contribution in [0.4, 0.5) is 5.69 Å². The minimum absolute atomic E-state index is 0.219. The lowest BCUT2D eigenvalue weighted by Crippen LogP contribution is -2.07. The lowest BCUT2D eigenvalue weighted by Gasteiger charge is -2.10. The second kappa shape index (κ2) is 7.25. The number of rotatable bonds is 6. The topological polar surface area (TPSA) is 130 Å². The number of nitro groups is 1. The van der Waals surface area contributed by atoms with Crippen molar-refractivity contribution in [1.82, 2.24) is 0 Å². The molecule has 0 fully saturated rings. The molecule has 0 saturated heterocycles. The fourth-order valence-corrected chi connectivity index (χ4v) is 3.49. The predicted molar refractivity (Wildman–Crippen MR) is 88.1 cm³/mol. The van der Waals surface area contributed by atoms with E-state index in [1.165, 1.54) is 19.2 Å². The fraction of sp³-hybridized carbons (Fsp3) is 0.0714. The smallest absolute Gasteiger partial charge is 0.483 e. The van der Waals surface area contributed by atoms with Gasteiger partial charge in [-0.25, -0.2) is 4.79 Å². The lowest BCUT2D eigenvalue weighted by molar-refractivity contribution is -0.384. The molecule has 126 valence electrons. The zero-order chi connectivity index (χ0) is 17.9. The zero-order valence-electron chi connectivity index (χ0n) is 12.3. The van der Waals surface area contributed by atoms with E-state index < -0.39 is 24.1 Å². The number of hydrogen-bond donors (Lipinski definition) is 3. The van der Waals surface area contributed by atoms with Gasteiger partial charge in [-0.15, -0.1) is 0 Å². The molecular formula is C14H13NO7PS+. The van der Waals surface area contributed by atoms with E-state index in [2.05, 4.69) is 0 Å². The molecule has 2 aromatic rings. The van der Waals surface area contributed by atoms with Gasteiger partial charge in [0.15, 0.2) is 0 Å². The molecule has 2 rings (SSSR count). The first kappa shape index (κ1) is 18.3. The van der Waals surface area contributed by atoms with Crippen LogP contribution in [0.5, 0.6) is 5.75 Å². The summed E-state index contributed by atoms with van der Waals surface area (Å²) in [4.78, 5) is 50.7. The van der Waals surface area contributed by atoms with Crippen molar-refractivity contribution in [3.63, 3.8) is 0 Å². The molecule has 0 aliphatic heterocycles. The SMILES string of the molecule is COc1ccccc1Sc1ccc([N+](=O)[O-])cc1C(=O)[P+](O)(O)O. The van der Waals surface area contributed by atoms with E-state index in [0.717, 1.165) is 17.8 Å². The Bertz CT molecular complexity index is 791. The highest BCUT2D eigenvalue weighted by Gasteiger charge is 2.45. The summed E-state index contributed by atoms with van der Waals surface area (Å²) < 4.78 is 5.19. The molecule has 0 aliphatic carbocycles. The van der Waals surface area contributed by atoms with Gasteiger partial charge in [-0.05, 0) is 18.2 Å². The van der Waals surface area contributed by atoms with Crippen LogP contribution >= 0.6 is 19.7 Å². The van der Waals surface area contributed by atoms with Crippen LogP contribution in [0.3, 0.4) is 0 Å². The molecule has 0 bridgehead atoms. The number of carbonyl (C=O) groups is 1. The molecule has 0 unspecified atom stereocenters. The van der Waals surface area contributed by atoms with Crippen LogP contribution in [-0.4, -0.2) is 32.2 Å². The van der Waals surface area contributed by atoms with Crippen LogP contribution in [0.2, 0.25) is 0 Å². The van der Waals surface area contributed by atoms with Crippen LogP contribution in [0, 0.1) is 10.1 Å². The standard InChI is InChI=1S/C14H13NO7PS/c1-22-11-4-2-3-5-13(11)24-12-7-6-9(15(17)18)8-10(12)14(16)23(19,20)21/h2-8,19-21H,1H3/q+1. The molecule has 0 heterocycles. The number of nitro benzene ring substituents is 1. The van der Waals surface area contributed by atoms with Gasteiger partial charge in [-0.3, -0.25) is 10.1 Å². The lowest BCUT2D eigenvalue weighted by atomic mass is 10.2. The first-order valence-electron chi connectivity index (χ1n) is 6.45. The summed E-state index contributed by atoms with van der Waals surface area (Å²) in [5, 5.41) is 10.9. The second-order valence-corrected chi connectivity index (χ2v) is 7.19. The third-order valence-electron chi connectivity index (χ3n) is 2.97. The molecule has 0 atom stereocenters. The first-order chi connectivity index (χ1) is 11.2. The Morgan fingerprint density at radius 3 is 2.42 bits per heavy atom. The third-order valence-corrected chi connectivity index (χ3v) is 4.88. The molecule has 0 spiro atoms. The van der Waals surface area contributed by atoms with Crippen molar-refractivity contribution in [2.24, 2.45) is 0 Å². The number of ether oxygens (including phenoxy) is 1. The van der Waals surface area contributed by atoms with Crippen molar-refractivity contribution in [3.8, 4) is 5.75 Å². The number of carbonyl (C=O) groups excluding carboxylic acids is 1. The highest BCUT2D eigenvalue weighted by molar-refractivity contribution is 7.99. The molecule has 0 saturated carbocycles. The highest BCUT2D eigenvalue weighted by Crippen LogP contribution is 2.50. The molecule has 0 amide bonds. The maximum absolute atomic E-state index is 12.0. The number of hydrogen-bond acceptors (Lipinski definition) is 8. The van der Waals surface area contributed by atoms with Gasteiger partial charge in [-0.2, -0.15) is 14.7 Å². The Labute approximate surface area is 141 Å². The summed E-state index contributed by atoms with van der Waals surface area (Å²) in [6.45, 7) is 0. The van der Waals surface area contributed by atoms with Gasteiger partial charge in [0.25, 0.3) is 5.69 Å². The number of benzene rings is 2. The summed E-state index contributed by atoms with van der Waals surface area (Å²) in [6.07, 6.45) is 0. The van der Waals surface area contributed by atoms with Crippen molar-refractivity contribution in [2.45, 2.75) is 9.79 Å². The molecule has 8 nitrogen and oxygen atoms in total. The van der Waals surface area contributed by atoms with Gasteiger partial charge in [-0.1, -0.05) is 23.9 Å². The number of para-hydroxylation sites is 1. The maximum Gasteiger partial charge on any atom is 0.483 e. The minimum atomic E-state index is -4.84. The maximum atomic E-state index is 12.0. The Hall–Kier alpha value is -2.03. The summed E-state index contributed by atoms with van der Waals surface area (Å²) in [6, 6.07) is 10.3. The molecule has 2 aromatic carbocycles. The monoisotopic (exact) mass is 370 g/mol. The second-order valence-electron chi connectivity index (χ2n) is 4.56. The Kier molecular flexibility index (Phi) is 5.53.